The van der Waals surface area contributed by atoms with Crippen LogP contribution in [0.5, 0.6) is 0 Å². The second kappa shape index (κ2) is 5.46. The summed E-state index contributed by atoms with van der Waals surface area (Å²) < 4.78 is 21.4. The lowest BCUT2D eigenvalue weighted by molar-refractivity contribution is 0.598. The van der Waals surface area contributed by atoms with Crippen molar-refractivity contribution in [3.63, 3.8) is 0 Å². The fourth-order valence-electron chi connectivity index (χ4n) is 1.04. The number of hydrogen-bond donors (Lipinski definition) is 2. The first kappa shape index (κ1) is 13.2. The van der Waals surface area contributed by atoms with Gasteiger partial charge in [-0.1, -0.05) is 11.8 Å². The summed E-state index contributed by atoms with van der Waals surface area (Å²) in [5, 5.41) is 8.43. The molecule has 0 amide bonds. The zero-order chi connectivity index (χ0) is 12.2. The van der Waals surface area contributed by atoms with Crippen molar-refractivity contribution in [3.05, 3.63) is 11.8 Å². The lowest BCUT2D eigenvalue weighted by Crippen LogP contribution is -2.22. The van der Waals surface area contributed by atoms with Gasteiger partial charge in [0, 0.05) is 18.3 Å². The molecule has 0 saturated carbocycles. The molecule has 90 valence electrons. The maximum absolute atomic E-state index is 10.7. The largest absolute Gasteiger partial charge is 0.369 e. The van der Waals surface area contributed by atoms with Crippen LogP contribution in [0.2, 0.25) is 0 Å². The number of primary sulfonamides is 1. The highest BCUT2D eigenvalue weighted by Crippen LogP contribution is 2.13. The van der Waals surface area contributed by atoms with E-state index < -0.39 is 10.0 Å². The van der Waals surface area contributed by atoms with Crippen molar-refractivity contribution in [2.45, 2.75) is 12.1 Å². The number of anilines is 1. The number of nitrogens with one attached hydrogen (secondary N) is 1. The Labute approximate surface area is 99.1 Å². The van der Waals surface area contributed by atoms with Crippen LogP contribution >= 0.6 is 11.8 Å². The molecule has 0 radical (unpaired) electrons. The topological polar surface area (TPSA) is 98.0 Å². The van der Waals surface area contributed by atoms with E-state index in [4.69, 9.17) is 5.14 Å². The summed E-state index contributed by atoms with van der Waals surface area (Å²) in [7, 11) is -3.43. The maximum Gasteiger partial charge on any atom is 0.210 e. The Kier molecular flexibility index (Phi) is 4.51. The summed E-state index contributed by atoms with van der Waals surface area (Å²) in [4.78, 5) is 8.35. The molecule has 6 nitrogen and oxygen atoms in total. The average molecular weight is 262 g/mol. The quantitative estimate of drug-likeness (QED) is 0.581. The van der Waals surface area contributed by atoms with Gasteiger partial charge in [0.15, 0.2) is 5.16 Å². The number of nitrogens with zero attached hydrogens (tertiary/aromatic N) is 2. The molecule has 1 aromatic rings. The van der Waals surface area contributed by atoms with Gasteiger partial charge in [0.2, 0.25) is 10.0 Å². The van der Waals surface area contributed by atoms with Gasteiger partial charge in [-0.05, 0) is 13.2 Å². The van der Waals surface area contributed by atoms with Gasteiger partial charge in [0.25, 0.3) is 0 Å². The van der Waals surface area contributed by atoms with E-state index in [-0.39, 0.29) is 12.3 Å². The molecule has 0 aliphatic rings. The molecule has 1 rings (SSSR count). The van der Waals surface area contributed by atoms with Gasteiger partial charge in [-0.25, -0.2) is 23.5 Å². The summed E-state index contributed by atoms with van der Waals surface area (Å²) in [6, 6.07) is 1.75. The normalized spacial score (nSPS) is 11.4. The minimum atomic E-state index is -3.43. The summed E-state index contributed by atoms with van der Waals surface area (Å²) >= 11 is 1.43. The molecule has 3 N–H and O–H groups in total. The van der Waals surface area contributed by atoms with Gasteiger partial charge < -0.3 is 5.32 Å². The molecule has 0 atom stereocenters. The third-order valence-electron chi connectivity index (χ3n) is 1.71. The van der Waals surface area contributed by atoms with E-state index in [0.29, 0.717) is 11.0 Å². The molecule has 0 bridgehead atoms. The lowest BCUT2D eigenvalue weighted by atomic mass is 10.4. The summed E-state index contributed by atoms with van der Waals surface area (Å²) in [6.07, 6.45) is 1.88. The molecular formula is C8H14N4O2S2. The van der Waals surface area contributed by atoms with Crippen LogP contribution < -0.4 is 10.5 Å². The van der Waals surface area contributed by atoms with E-state index >= 15 is 0 Å². The summed E-state index contributed by atoms with van der Waals surface area (Å²) in [6.45, 7) is 2.09. The van der Waals surface area contributed by atoms with Crippen LogP contribution in [0.4, 0.5) is 5.82 Å². The molecule has 8 heteroatoms. The molecular weight excluding hydrogens is 248 g/mol. The number of aromatic nitrogens is 2. The molecule has 0 spiro atoms. The van der Waals surface area contributed by atoms with Gasteiger partial charge in [-0.15, -0.1) is 0 Å². The predicted molar refractivity (Wildman–Crippen MR) is 65.0 cm³/mol. The Morgan fingerprint density at radius 2 is 2.19 bits per heavy atom. The molecule has 0 fully saturated rings. The van der Waals surface area contributed by atoms with Gasteiger partial charge in [-0.3, -0.25) is 0 Å². The van der Waals surface area contributed by atoms with Crippen LogP contribution in [0, 0.1) is 6.92 Å². The summed E-state index contributed by atoms with van der Waals surface area (Å²) in [5.74, 6) is 0.491. The van der Waals surface area contributed by atoms with Gasteiger partial charge >= 0.3 is 0 Å². The molecule has 16 heavy (non-hydrogen) atoms. The Bertz CT molecular complexity index is 461. The van der Waals surface area contributed by atoms with Crippen LogP contribution in [0.25, 0.3) is 0 Å². The Morgan fingerprint density at radius 3 is 2.75 bits per heavy atom. The highest BCUT2D eigenvalue weighted by molar-refractivity contribution is 7.98. The number of rotatable bonds is 5. The number of nitrogens with two attached hydrogens (primary N) is 1. The smallest absolute Gasteiger partial charge is 0.210 e. The van der Waals surface area contributed by atoms with Crippen LogP contribution in [-0.2, 0) is 10.0 Å². The zero-order valence-corrected chi connectivity index (χ0v) is 10.7. The first-order valence-corrected chi connectivity index (χ1v) is 7.49. The number of aryl methyl sites for hydroxylation is 1. The van der Waals surface area contributed by atoms with Gasteiger partial charge in [0.1, 0.15) is 5.82 Å². The van der Waals surface area contributed by atoms with Crippen LogP contribution in [0.3, 0.4) is 0 Å². The third-order valence-corrected chi connectivity index (χ3v) is 3.03. The van der Waals surface area contributed by atoms with E-state index in [2.05, 4.69) is 15.3 Å². The van der Waals surface area contributed by atoms with Gasteiger partial charge in [0.05, 0.1) is 5.75 Å². The number of sulfonamides is 1. The number of hydrogen-bond acceptors (Lipinski definition) is 6. The average Bonchev–Trinajstić information content (AvgIpc) is 2.14. The van der Waals surface area contributed by atoms with Crippen LogP contribution in [0.1, 0.15) is 5.69 Å². The highest BCUT2D eigenvalue weighted by Gasteiger charge is 2.04. The molecule has 0 aromatic carbocycles. The molecule has 0 unspecified atom stereocenters. The van der Waals surface area contributed by atoms with E-state index in [0.717, 1.165) is 5.69 Å². The monoisotopic (exact) mass is 262 g/mol. The van der Waals surface area contributed by atoms with Gasteiger partial charge in [-0.2, -0.15) is 0 Å². The molecule has 0 saturated heterocycles. The first-order valence-electron chi connectivity index (χ1n) is 4.55. The standard InChI is InChI=1S/C8H14N4O2S2/c1-6-5-7(12-8(11-6)15-2)10-3-4-16(9,13)14/h5H,3-4H2,1-2H3,(H2,9,13,14)(H,10,11,12). The highest BCUT2D eigenvalue weighted by atomic mass is 32.2. The van der Waals surface area contributed by atoms with Crippen molar-refractivity contribution in [1.29, 1.82) is 0 Å². The molecule has 1 aromatic heterocycles. The minimum Gasteiger partial charge on any atom is -0.369 e. The fourth-order valence-corrected chi connectivity index (χ4v) is 1.86. The fraction of sp³-hybridized carbons (Fsp3) is 0.500. The second-order valence-corrected chi connectivity index (χ2v) is 5.68. The number of thioether (sulfide) groups is 1. The molecule has 1 heterocycles. The van der Waals surface area contributed by atoms with Crippen molar-refractivity contribution in [1.82, 2.24) is 9.97 Å². The van der Waals surface area contributed by atoms with Crippen molar-refractivity contribution in [2.24, 2.45) is 5.14 Å². The third kappa shape index (κ3) is 4.77. The van der Waals surface area contributed by atoms with E-state index in [1.807, 2.05) is 13.2 Å². The van der Waals surface area contributed by atoms with Crippen LogP contribution in [-0.4, -0.2) is 36.9 Å². The zero-order valence-electron chi connectivity index (χ0n) is 9.10. The minimum absolute atomic E-state index is 0.120. The van der Waals surface area contributed by atoms with Crippen molar-refractivity contribution in [3.8, 4) is 0 Å². The van der Waals surface area contributed by atoms with Crippen molar-refractivity contribution < 1.29 is 8.42 Å². The lowest BCUT2D eigenvalue weighted by Gasteiger charge is -2.06. The van der Waals surface area contributed by atoms with Crippen molar-refractivity contribution in [2.75, 3.05) is 23.9 Å². The maximum atomic E-state index is 10.7. The van der Waals surface area contributed by atoms with E-state index in [1.165, 1.54) is 11.8 Å². The van der Waals surface area contributed by atoms with Crippen molar-refractivity contribution >= 4 is 27.6 Å². The van der Waals surface area contributed by atoms with E-state index in [9.17, 15) is 8.42 Å². The molecule has 0 aliphatic heterocycles. The second-order valence-electron chi connectivity index (χ2n) is 3.18. The Hall–Kier alpha value is -0.860. The molecule has 0 aliphatic carbocycles. The van der Waals surface area contributed by atoms with E-state index in [1.54, 1.807) is 6.07 Å². The first-order chi connectivity index (χ1) is 7.40. The van der Waals surface area contributed by atoms with Crippen LogP contribution in [0.15, 0.2) is 11.2 Å². The predicted octanol–water partition coefficient (Wildman–Crippen LogP) is 0.207. The Morgan fingerprint density at radius 1 is 1.50 bits per heavy atom. The SMILES string of the molecule is CSc1nc(C)cc(NCCS(N)(=O)=O)n1. The Balaban J connectivity index is 2.63. The summed E-state index contributed by atoms with van der Waals surface area (Å²) in [5.41, 5.74) is 0.831.